The van der Waals surface area contributed by atoms with Crippen LogP contribution in [0, 0.1) is 0 Å². The van der Waals surface area contributed by atoms with Gasteiger partial charge in [0.2, 0.25) is 0 Å². The zero-order chi connectivity index (χ0) is 86.4. The average molecular weight is 1690 g/mol. The van der Waals surface area contributed by atoms with Crippen LogP contribution in [-0.4, -0.2) is 100 Å². The lowest BCUT2D eigenvalue weighted by Crippen LogP contribution is -2.33. The Morgan fingerprint density at radius 3 is 0.468 bits per heavy atom. The van der Waals surface area contributed by atoms with Crippen LogP contribution in [0.5, 0.6) is 69.0 Å². The van der Waals surface area contributed by atoms with Crippen molar-refractivity contribution in [1.29, 1.82) is 0 Å². The van der Waals surface area contributed by atoms with Crippen LogP contribution < -0.4 is 28.4 Å². The molecule has 12 bridgehead atoms. The first-order valence-corrected chi connectivity index (χ1v) is 45.3. The summed E-state index contributed by atoms with van der Waals surface area (Å²) in [7, 11) is 0. The van der Waals surface area contributed by atoms with Crippen molar-refractivity contribution in [2.75, 3.05) is 40.4 Å². The maximum atomic E-state index is 14.0. The second-order valence-electron chi connectivity index (χ2n) is 35.5. The summed E-state index contributed by atoms with van der Waals surface area (Å²) in [4.78, 5) is 13.3. The Morgan fingerprint density at radius 1 is 0.206 bits per heavy atom. The number of fused-ring (bicyclic) bond motifs is 24. The highest BCUT2D eigenvalue weighted by Gasteiger charge is 2.44. The number of ether oxygens (including phenoxy) is 6. The van der Waals surface area contributed by atoms with Crippen molar-refractivity contribution >= 4 is 0 Å². The zero-order valence-corrected chi connectivity index (χ0v) is 73.0. The molecule has 0 aromatic heterocycles. The van der Waals surface area contributed by atoms with Crippen molar-refractivity contribution in [3.63, 3.8) is 0 Å². The van der Waals surface area contributed by atoms with Gasteiger partial charge in [0.15, 0.2) is 0 Å². The zero-order valence-electron chi connectivity index (χ0n) is 73.0. The van der Waals surface area contributed by atoms with E-state index < -0.39 is 35.5 Å². The molecule has 0 amide bonds. The average Bonchev–Trinajstić information content (AvgIpc) is 0.731. The van der Waals surface area contributed by atoms with E-state index in [4.69, 9.17) is 28.4 Å². The van der Waals surface area contributed by atoms with E-state index in [2.05, 4.69) is 180 Å². The lowest BCUT2D eigenvalue weighted by atomic mass is 9.75. The quantitative estimate of drug-likeness (QED) is 0.0474. The van der Waals surface area contributed by atoms with Crippen LogP contribution in [0.2, 0.25) is 0 Å². The molecular weight excluding hydrogens is 1570 g/mol. The Balaban J connectivity index is 0.897. The van der Waals surface area contributed by atoms with Gasteiger partial charge in [0.1, 0.15) is 109 Å². The van der Waals surface area contributed by atoms with Gasteiger partial charge < -0.3 is 59.1 Å². The lowest BCUT2D eigenvalue weighted by Gasteiger charge is -2.38. The molecular formula is C108H114N6O12. The summed E-state index contributed by atoms with van der Waals surface area (Å²) in [5.41, 5.74) is 18.9. The number of phenols is 6. The summed E-state index contributed by atoms with van der Waals surface area (Å²) in [6.45, 7) is 19.5. The summed E-state index contributed by atoms with van der Waals surface area (Å²) in [6, 6.07) is 74.9. The highest BCUT2D eigenvalue weighted by atomic mass is 16.5. The van der Waals surface area contributed by atoms with Crippen molar-refractivity contribution < 1.29 is 59.1 Å². The Hall–Kier alpha value is -12.0. The molecule has 0 radical (unpaired) electrons. The number of benzene rings is 12. The van der Waals surface area contributed by atoms with E-state index >= 15 is 0 Å². The van der Waals surface area contributed by atoms with E-state index in [1.54, 1.807) is 0 Å². The number of hydrogen-bond donors (Lipinski definition) is 6. The molecule has 648 valence electrons. The molecule has 0 spiro atoms. The molecule has 12 aromatic rings. The predicted octanol–water partition coefficient (Wildman–Crippen LogP) is 21.6. The lowest BCUT2D eigenvalue weighted by molar-refractivity contribution is 0.0843. The van der Waals surface area contributed by atoms with Gasteiger partial charge in [-0.15, -0.1) is 0 Å². The number of phenolic OH excluding ortho intramolecular Hbond substituents is 6. The number of nitrogens with zero attached hydrogens (tertiary/aromatic N) is 6. The SMILES string of the molecule is CCC1c2cc(c3c(c2O)CN(Cc2ccccc2)CO3)C(CC)c2cc(c3c(c2O)CN(Cc2ccccc2)CO3)C(CC)c2cc(c3c(c2O)CN(Cc2ccccc2)CO3)C(CC)c2cc(c3c(c2O)CN(Cc2ccccc2)CO3)C(CC)c2cc(c3c(c2O)CN(Cc2ccccc2)CO3)C(CC)c2cc1c1c(c2O)CN(Cc2ccccc2)CO1. The van der Waals surface area contributed by atoms with Crippen LogP contribution in [0.3, 0.4) is 0 Å². The van der Waals surface area contributed by atoms with Crippen LogP contribution in [0.1, 0.15) is 249 Å². The van der Waals surface area contributed by atoms with Gasteiger partial charge in [0, 0.05) is 181 Å². The van der Waals surface area contributed by atoms with E-state index in [0.717, 1.165) is 66.8 Å². The first-order valence-electron chi connectivity index (χ1n) is 45.3. The predicted molar refractivity (Wildman–Crippen MR) is 489 cm³/mol. The van der Waals surface area contributed by atoms with E-state index in [-0.39, 0.29) is 74.9 Å². The third kappa shape index (κ3) is 16.0. The van der Waals surface area contributed by atoms with Crippen molar-refractivity contribution in [3.8, 4) is 69.0 Å². The minimum atomic E-state index is -0.583. The molecule has 1 aliphatic carbocycles. The van der Waals surface area contributed by atoms with Crippen LogP contribution in [0.4, 0.5) is 0 Å². The van der Waals surface area contributed by atoms with Gasteiger partial charge >= 0.3 is 0 Å². The van der Waals surface area contributed by atoms with Crippen LogP contribution in [0.15, 0.2) is 218 Å². The standard InChI is InChI=1S/C108H114N6O12/c1-7-73-79-43-86(104-91(97(79)115)55-109(62-122-104)49-67-31-19-13-20-32-67)75(9-3)81-45-88(106-93(99(81)117)57-111(64-124-106)51-69-35-23-15-24-36-69)77(11-5)83-47-90(108-95(101(83)119)59-113(66-126-108)53-71-39-27-17-28-40-71)78(12-6)84-48-89(107-96(102(84)120)60-114(65-125-107)54-72-41-29-18-30-42-72)76(10-4)82-46-87(105-94(100(82)118)58-112(63-123-105)52-70-37-25-16-26-38-70)74(8-2)80-44-85(73)103-92(98(80)116)56-110(61-121-103)50-68-33-21-14-22-34-68/h13-48,73-78,115-120H,7-12,49-66H2,1-6H3. The smallest absolute Gasteiger partial charge is 0.142 e. The molecule has 6 N–H and O–H groups in total. The summed E-state index contributed by atoms with van der Waals surface area (Å²) in [6.07, 6.45) is 2.86. The summed E-state index contributed by atoms with van der Waals surface area (Å²) in [5.74, 6) is 0.382. The maximum absolute atomic E-state index is 14.0. The fraction of sp³-hybridized carbons (Fsp3) is 0.333. The molecule has 126 heavy (non-hydrogen) atoms. The fourth-order valence-corrected chi connectivity index (χ4v) is 21.4. The van der Waals surface area contributed by atoms with Crippen LogP contribution in [-0.2, 0) is 78.5 Å². The van der Waals surface area contributed by atoms with Crippen molar-refractivity contribution in [2.45, 2.75) is 194 Å². The Morgan fingerprint density at radius 2 is 0.341 bits per heavy atom. The summed E-state index contributed by atoms with van der Waals surface area (Å²) < 4.78 is 43.5. The van der Waals surface area contributed by atoms with Gasteiger partial charge in [-0.2, -0.15) is 0 Å². The molecule has 6 unspecified atom stereocenters. The van der Waals surface area contributed by atoms with E-state index in [1.165, 1.54) is 0 Å². The molecule has 18 nitrogen and oxygen atoms in total. The van der Waals surface area contributed by atoms with Crippen LogP contribution in [0.25, 0.3) is 0 Å². The monoisotopic (exact) mass is 1690 g/mol. The fourth-order valence-electron chi connectivity index (χ4n) is 21.4. The van der Waals surface area contributed by atoms with Gasteiger partial charge in [0.25, 0.3) is 0 Å². The molecule has 0 saturated carbocycles. The van der Waals surface area contributed by atoms with Gasteiger partial charge in [-0.25, -0.2) is 0 Å². The first kappa shape index (κ1) is 83.5. The van der Waals surface area contributed by atoms with E-state index in [0.29, 0.717) is 218 Å². The molecule has 0 saturated heterocycles. The Kier molecular flexibility index (Phi) is 24.0. The van der Waals surface area contributed by atoms with Crippen LogP contribution >= 0.6 is 0 Å². The molecule has 0 fully saturated rings. The van der Waals surface area contributed by atoms with Crippen molar-refractivity contribution in [1.82, 2.24) is 29.4 Å². The van der Waals surface area contributed by atoms with Gasteiger partial charge in [-0.3, -0.25) is 29.4 Å². The molecule has 7 aliphatic rings. The third-order valence-electron chi connectivity index (χ3n) is 27.5. The molecule has 6 atom stereocenters. The Labute approximate surface area is 739 Å². The van der Waals surface area contributed by atoms with E-state index in [1.807, 2.05) is 109 Å². The van der Waals surface area contributed by atoms with E-state index in [9.17, 15) is 30.6 Å². The topological polar surface area (TPSA) is 196 Å². The maximum Gasteiger partial charge on any atom is 0.142 e. The summed E-state index contributed by atoms with van der Waals surface area (Å²) in [5, 5.41) is 83.7. The van der Waals surface area contributed by atoms with Crippen molar-refractivity contribution in [3.05, 3.63) is 352 Å². The van der Waals surface area contributed by atoms with Gasteiger partial charge in [-0.05, 0) is 108 Å². The Bertz CT molecular complexity index is 5030. The third-order valence-corrected chi connectivity index (χ3v) is 27.5. The second kappa shape index (κ2) is 36.2. The van der Waals surface area contributed by atoms with Crippen molar-refractivity contribution in [2.24, 2.45) is 0 Å². The minimum Gasteiger partial charge on any atom is -0.507 e. The summed E-state index contributed by atoms with van der Waals surface area (Å²) >= 11 is 0. The number of hydrogen-bond acceptors (Lipinski definition) is 18. The molecule has 12 aromatic carbocycles. The molecule has 6 aliphatic heterocycles. The molecule has 6 heterocycles. The number of rotatable bonds is 18. The normalized spacial score (nSPS) is 19.6. The first-order chi connectivity index (χ1) is 61.7. The second-order valence-corrected chi connectivity index (χ2v) is 35.5. The molecule has 19 rings (SSSR count). The van der Waals surface area contributed by atoms with Gasteiger partial charge in [-0.1, -0.05) is 224 Å². The minimum absolute atomic E-state index is 0.0945. The highest BCUT2D eigenvalue weighted by Crippen LogP contribution is 2.60. The highest BCUT2D eigenvalue weighted by molar-refractivity contribution is 5.71. The number of aromatic hydroxyl groups is 6. The largest absolute Gasteiger partial charge is 0.507 e. The molecule has 18 heteroatoms. The van der Waals surface area contributed by atoms with Gasteiger partial charge in [0.05, 0.1) is 33.4 Å².